The third-order valence-corrected chi connectivity index (χ3v) is 2.88. The van der Waals surface area contributed by atoms with Gasteiger partial charge in [0, 0.05) is 21.3 Å². The van der Waals surface area contributed by atoms with Gasteiger partial charge in [-0.3, -0.25) is 4.99 Å². The van der Waals surface area contributed by atoms with Crippen LogP contribution in [-0.4, -0.2) is 11.3 Å². The first-order valence-electron chi connectivity index (χ1n) is 4.93. The number of nitrogens with zero attached hydrogens (tertiary/aromatic N) is 1. The van der Waals surface area contributed by atoms with Gasteiger partial charge in [0.05, 0.1) is 5.69 Å². The lowest BCUT2D eigenvalue weighted by atomic mass is 10.2. The molecule has 0 aliphatic heterocycles. The zero-order chi connectivity index (χ0) is 12.3. The highest BCUT2D eigenvalue weighted by atomic mass is 79.9. The minimum Gasteiger partial charge on any atom is -0.507 e. The molecule has 0 heterocycles. The van der Waals surface area contributed by atoms with Gasteiger partial charge in [-0.05, 0) is 36.4 Å². The third kappa shape index (κ3) is 3.32. The van der Waals surface area contributed by atoms with Crippen LogP contribution in [0.25, 0.3) is 0 Å². The third-order valence-electron chi connectivity index (χ3n) is 2.15. The van der Waals surface area contributed by atoms with Crippen LogP contribution in [0.5, 0.6) is 5.75 Å². The van der Waals surface area contributed by atoms with Crippen molar-refractivity contribution in [3.05, 3.63) is 57.5 Å². The molecule has 2 nitrogen and oxygen atoms in total. The molecule has 0 unspecified atom stereocenters. The number of phenols is 1. The fourth-order valence-corrected chi connectivity index (χ4v) is 1.89. The molecule has 2 aromatic rings. The number of hydrogen-bond donors (Lipinski definition) is 1. The van der Waals surface area contributed by atoms with Crippen LogP contribution < -0.4 is 0 Å². The van der Waals surface area contributed by atoms with Gasteiger partial charge in [-0.2, -0.15) is 0 Å². The van der Waals surface area contributed by atoms with Gasteiger partial charge in [0.15, 0.2) is 0 Å². The summed E-state index contributed by atoms with van der Waals surface area (Å²) in [7, 11) is 0. The average molecular weight is 311 g/mol. The molecule has 17 heavy (non-hydrogen) atoms. The molecular formula is C13H9BrClNO. The highest BCUT2D eigenvalue weighted by Gasteiger charge is 1.98. The van der Waals surface area contributed by atoms with E-state index in [-0.39, 0.29) is 5.75 Å². The van der Waals surface area contributed by atoms with Gasteiger partial charge in [0.2, 0.25) is 0 Å². The van der Waals surface area contributed by atoms with Crippen LogP contribution >= 0.6 is 27.5 Å². The molecule has 2 rings (SSSR count). The predicted octanol–water partition coefficient (Wildman–Crippen LogP) is 4.56. The minimum absolute atomic E-state index is 0.193. The molecule has 0 fully saturated rings. The van der Waals surface area contributed by atoms with Crippen LogP contribution in [-0.2, 0) is 0 Å². The van der Waals surface area contributed by atoms with E-state index < -0.39 is 0 Å². The molecule has 2 aromatic carbocycles. The fourth-order valence-electron chi connectivity index (χ4n) is 1.33. The Bertz CT molecular complexity index is 569. The fraction of sp³-hybridized carbons (Fsp3) is 0. The standard InChI is InChI=1S/C13H9BrClNO/c14-10-4-5-13(17)9(6-10)8-16-12-3-1-2-11(15)7-12/h1-8,17H/b16-8+. The molecular weight excluding hydrogens is 302 g/mol. The Morgan fingerprint density at radius 1 is 1.18 bits per heavy atom. The maximum absolute atomic E-state index is 9.63. The van der Waals surface area contributed by atoms with E-state index in [2.05, 4.69) is 20.9 Å². The topological polar surface area (TPSA) is 32.6 Å². The normalized spacial score (nSPS) is 10.9. The van der Waals surface area contributed by atoms with E-state index >= 15 is 0 Å². The molecule has 0 atom stereocenters. The van der Waals surface area contributed by atoms with Crippen molar-refractivity contribution >= 4 is 39.4 Å². The Hall–Kier alpha value is -1.32. The van der Waals surface area contributed by atoms with Crippen LogP contribution in [0.2, 0.25) is 5.02 Å². The lowest BCUT2D eigenvalue weighted by Gasteiger charge is -1.99. The lowest BCUT2D eigenvalue weighted by Crippen LogP contribution is -1.82. The van der Waals surface area contributed by atoms with Gasteiger partial charge in [-0.1, -0.05) is 33.6 Å². The van der Waals surface area contributed by atoms with E-state index in [0.29, 0.717) is 10.6 Å². The lowest BCUT2D eigenvalue weighted by molar-refractivity contribution is 0.474. The molecule has 0 aromatic heterocycles. The molecule has 0 aliphatic carbocycles. The van der Waals surface area contributed by atoms with Crippen LogP contribution in [0.4, 0.5) is 5.69 Å². The van der Waals surface area contributed by atoms with Crippen molar-refractivity contribution in [1.82, 2.24) is 0 Å². The summed E-state index contributed by atoms with van der Waals surface area (Å²) >= 11 is 9.19. The first kappa shape index (κ1) is 12.1. The number of rotatable bonds is 2. The van der Waals surface area contributed by atoms with Crippen molar-refractivity contribution in [2.24, 2.45) is 4.99 Å². The van der Waals surface area contributed by atoms with Crippen molar-refractivity contribution in [2.75, 3.05) is 0 Å². The van der Waals surface area contributed by atoms with Crippen molar-refractivity contribution in [3.8, 4) is 5.75 Å². The monoisotopic (exact) mass is 309 g/mol. The van der Waals surface area contributed by atoms with Crippen LogP contribution in [0.15, 0.2) is 51.9 Å². The number of benzene rings is 2. The largest absolute Gasteiger partial charge is 0.507 e. The van der Waals surface area contributed by atoms with E-state index in [1.54, 1.807) is 36.5 Å². The zero-order valence-electron chi connectivity index (χ0n) is 8.77. The van der Waals surface area contributed by atoms with E-state index in [9.17, 15) is 5.11 Å². The number of hydrogen-bond acceptors (Lipinski definition) is 2. The van der Waals surface area contributed by atoms with Gasteiger partial charge in [0.1, 0.15) is 5.75 Å². The van der Waals surface area contributed by atoms with Crippen molar-refractivity contribution in [2.45, 2.75) is 0 Å². The van der Waals surface area contributed by atoms with Crippen molar-refractivity contribution < 1.29 is 5.11 Å². The van der Waals surface area contributed by atoms with Gasteiger partial charge in [-0.25, -0.2) is 0 Å². The Morgan fingerprint density at radius 3 is 2.76 bits per heavy atom. The molecule has 0 saturated heterocycles. The summed E-state index contributed by atoms with van der Waals surface area (Å²) in [6.45, 7) is 0. The maximum atomic E-state index is 9.63. The van der Waals surface area contributed by atoms with E-state index in [4.69, 9.17) is 11.6 Å². The van der Waals surface area contributed by atoms with Gasteiger partial charge in [-0.15, -0.1) is 0 Å². The molecule has 0 spiro atoms. The number of phenolic OH excluding ortho intramolecular Hbond substituents is 1. The Balaban J connectivity index is 2.29. The Morgan fingerprint density at radius 2 is 2.00 bits per heavy atom. The summed E-state index contributed by atoms with van der Waals surface area (Å²) in [5.41, 5.74) is 1.40. The quantitative estimate of drug-likeness (QED) is 0.810. The smallest absolute Gasteiger partial charge is 0.124 e. The second-order valence-electron chi connectivity index (χ2n) is 3.44. The van der Waals surface area contributed by atoms with Gasteiger partial charge < -0.3 is 5.11 Å². The maximum Gasteiger partial charge on any atom is 0.124 e. The van der Waals surface area contributed by atoms with E-state index in [1.807, 2.05) is 12.1 Å². The average Bonchev–Trinajstić information content (AvgIpc) is 2.30. The van der Waals surface area contributed by atoms with Gasteiger partial charge in [0.25, 0.3) is 0 Å². The Kier molecular flexibility index (Phi) is 3.82. The van der Waals surface area contributed by atoms with Crippen LogP contribution in [0.3, 0.4) is 0 Å². The molecule has 0 radical (unpaired) electrons. The van der Waals surface area contributed by atoms with E-state index in [0.717, 1.165) is 10.2 Å². The summed E-state index contributed by atoms with van der Waals surface area (Å²) < 4.78 is 0.892. The Labute approximate surface area is 113 Å². The number of halogens is 2. The molecule has 0 amide bonds. The first-order chi connectivity index (χ1) is 8.15. The highest BCUT2D eigenvalue weighted by molar-refractivity contribution is 9.10. The van der Waals surface area contributed by atoms with E-state index in [1.165, 1.54) is 0 Å². The molecule has 1 N–H and O–H groups in total. The SMILES string of the molecule is Oc1ccc(Br)cc1/C=N/c1cccc(Cl)c1. The minimum atomic E-state index is 0.193. The zero-order valence-corrected chi connectivity index (χ0v) is 11.1. The summed E-state index contributed by atoms with van der Waals surface area (Å²) in [6, 6.07) is 12.4. The summed E-state index contributed by atoms with van der Waals surface area (Å²) in [4.78, 5) is 4.25. The summed E-state index contributed by atoms with van der Waals surface area (Å²) in [6.07, 6.45) is 1.60. The second kappa shape index (κ2) is 5.34. The number of aliphatic imine (C=N–C) groups is 1. The van der Waals surface area contributed by atoms with Gasteiger partial charge >= 0.3 is 0 Å². The second-order valence-corrected chi connectivity index (χ2v) is 4.79. The predicted molar refractivity (Wildman–Crippen MR) is 74.5 cm³/mol. The molecule has 4 heteroatoms. The first-order valence-corrected chi connectivity index (χ1v) is 6.10. The van der Waals surface area contributed by atoms with Crippen molar-refractivity contribution in [1.29, 1.82) is 0 Å². The van der Waals surface area contributed by atoms with Crippen LogP contribution in [0.1, 0.15) is 5.56 Å². The number of aromatic hydroxyl groups is 1. The molecule has 0 aliphatic rings. The molecule has 0 saturated carbocycles. The highest BCUT2D eigenvalue weighted by Crippen LogP contribution is 2.22. The summed E-state index contributed by atoms with van der Waals surface area (Å²) in [5.74, 6) is 0.193. The van der Waals surface area contributed by atoms with Crippen molar-refractivity contribution in [3.63, 3.8) is 0 Å². The van der Waals surface area contributed by atoms with Crippen LogP contribution in [0, 0.1) is 0 Å². The summed E-state index contributed by atoms with van der Waals surface area (Å²) in [5, 5.41) is 10.3. The molecule has 0 bridgehead atoms. The molecule has 86 valence electrons.